The Bertz CT molecular complexity index is 1700. The van der Waals surface area contributed by atoms with E-state index in [4.69, 9.17) is 40.4 Å². The van der Waals surface area contributed by atoms with Gasteiger partial charge in [-0.3, -0.25) is 28.4 Å². The number of hydrogen-bond donors (Lipinski definition) is 4. The molecule has 17 nitrogen and oxygen atoms in total. The molecule has 228 valence electrons. The van der Waals surface area contributed by atoms with Crippen molar-refractivity contribution in [2.45, 2.75) is 57.7 Å². The van der Waals surface area contributed by atoms with Crippen LogP contribution in [0, 0.1) is 6.92 Å². The molecular weight excluding hydrogens is 639 g/mol. The van der Waals surface area contributed by atoms with Gasteiger partial charge < -0.3 is 29.0 Å². The monoisotopic (exact) mass is 665 g/mol. The van der Waals surface area contributed by atoms with Crippen LogP contribution < -0.4 is 11.3 Å². The number of hydrogen-bond acceptors (Lipinski definition) is 13. The lowest BCUT2D eigenvalue weighted by Crippen LogP contribution is -2.32. The number of imidazole rings is 2. The number of nitrogens with one attached hydrogen (secondary N) is 1. The van der Waals surface area contributed by atoms with Gasteiger partial charge in [-0.15, -0.1) is 0 Å². The molecule has 2 aliphatic heterocycles. The second kappa shape index (κ2) is 12.0. The predicted molar refractivity (Wildman–Crippen MR) is 155 cm³/mol. The minimum Gasteiger partial charge on any atom is -0.369 e. The first-order chi connectivity index (χ1) is 19.8. The number of aryl methyl sites for hydroxylation is 1. The van der Waals surface area contributed by atoms with Crippen molar-refractivity contribution in [3.63, 3.8) is 0 Å². The maximum atomic E-state index is 15.9. The Morgan fingerprint density at radius 1 is 1.38 bits per heavy atom. The van der Waals surface area contributed by atoms with Crippen LogP contribution in [0.3, 0.4) is 0 Å². The van der Waals surface area contributed by atoms with Gasteiger partial charge in [-0.2, -0.15) is 4.98 Å². The summed E-state index contributed by atoms with van der Waals surface area (Å²) >= 11 is 9.23. The standard InChI is InChI=1S/C20H26FN9O8P2S2/c1-9-4-29-12(26-10(2)16(29)24-7-23-3)6-35-40(33,42)38-15-13(21)11(5-34-39(32,41)37-9)36-19(15)30-8-25-14-17(30)27-20(22)28-18(14)31/h7-9,11,13,15,19H,3-6H2,1-2H3,(H,32,41)(H,33,42)(H3,22,27,28,31)/t9-,11+,13+,15+,19+,39?,40?/m0/s1. The van der Waals surface area contributed by atoms with E-state index in [9.17, 15) is 14.3 Å². The van der Waals surface area contributed by atoms with Gasteiger partial charge in [0.05, 0.1) is 31.3 Å². The quantitative estimate of drug-likeness (QED) is 0.137. The number of alkyl halides is 1. The zero-order valence-electron chi connectivity index (χ0n) is 22.0. The molecular formula is C20H26FN9O8P2S2. The number of nitrogen functional groups attached to an aromatic ring is 1. The van der Waals surface area contributed by atoms with E-state index < -0.39 is 63.0 Å². The third kappa shape index (κ3) is 6.42. The van der Waals surface area contributed by atoms with E-state index in [-0.39, 0.29) is 29.5 Å². The van der Waals surface area contributed by atoms with Crippen LogP contribution in [0.1, 0.15) is 24.7 Å². The highest BCUT2D eigenvalue weighted by Gasteiger charge is 2.51. The summed E-state index contributed by atoms with van der Waals surface area (Å²) < 4.78 is 60.1. The van der Waals surface area contributed by atoms with Crippen molar-refractivity contribution < 1.29 is 36.7 Å². The van der Waals surface area contributed by atoms with Gasteiger partial charge >= 0.3 is 13.5 Å². The maximum Gasteiger partial charge on any atom is 0.387 e. The highest BCUT2D eigenvalue weighted by atomic mass is 32.7. The van der Waals surface area contributed by atoms with E-state index in [1.165, 1.54) is 10.9 Å². The minimum atomic E-state index is -4.33. The molecule has 4 N–H and O–H groups in total. The van der Waals surface area contributed by atoms with Crippen molar-refractivity contribution in [1.29, 1.82) is 0 Å². The molecule has 3 aromatic rings. The molecule has 22 heteroatoms. The van der Waals surface area contributed by atoms with Crippen molar-refractivity contribution in [2.75, 3.05) is 12.3 Å². The van der Waals surface area contributed by atoms with Gasteiger partial charge in [-0.25, -0.2) is 23.9 Å². The first-order valence-corrected chi connectivity index (χ1v) is 17.4. The number of thiol groups is 1. The molecule has 0 saturated carbocycles. The topological polar surface area (TPSA) is 216 Å². The van der Waals surface area contributed by atoms with Crippen LogP contribution in [0.5, 0.6) is 0 Å². The highest BCUT2D eigenvalue weighted by molar-refractivity contribution is 8.44. The summed E-state index contributed by atoms with van der Waals surface area (Å²) in [6, 6.07) is 0. The number of aromatic nitrogens is 6. The molecule has 5 rings (SSSR count). The number of aromatic amines is 1. The number of rotatable bonds is 3. The second-order valence-electron chi connectivity index (χ2n) is 9.25. The minimum absolute atomic E-state index is 0.0583. The Labute approximate surface area is 247 Å². The summed E-state index contributed by atoms with van der Waals surface area (Å²) in [7, 11) is 0. The Balaban J connectivity index is 1.54. The molecule has 7 atom stereocenters. The molecule has 1 fully saturated rings. The van der Waals surface area contributed by atoms with Gasteiger partial charge in [-0.1, -0.05) is 12.2 Å². The van der Waals surface area contributed by atoms with Crippen molar-refractivity contribution in [2.24, 2.45) is 9.98 Å². The van der Waals surface area contributed by atoms with Crippen molar-refractivity contribution >= 4 is 73.6 Å². The van der Waals surface area contributed by atoms with Gasteiger partial charge in [0.25, 0.3) is 5.56 Å². The molecule has 5 heterocycles. The normalized spacial score (nSPS) is 32.9. The van der Waals surface area contributed by atoms with Crippen molar-refractivity contribution in [3.8, 4) is 0 Å². The Kier molecular flexibility index (Phi) is 8.84. The van der Waals surface area contributed by atoms with Crippen LogP contribution in [0.2, 0.25) is 0 Å². The summed E-state index contributed by atoms with van der Waals surface area (Å²) in [5.41, 5.74) is 5.33. The Morgan fingerprint density at radius 2 is 2.14 bits per heavy atom. The zero-order valence-corrected chi connectivity index (χ0v) is 25.5. The Morgan fingerprint density at radius 3 is 2.88 bits per heavy atom. The van der Waals surface area contributed by atoms with E-state index in [2.05, 4.69) is 48.9 Å². The SMILES string of the molecule is C=NC=Nc1c(C)nc2n1C[C@H](C)OP(O)(=S)OC[C@H]1O[C@@H](n3cnc4c(=O)[nH]c(N)nc43)[C@H](OP(=O)(S)OC2)[C@@H]1F. The number of ether oxygens (including phenoxy) is 1. The maximum absolute atomic E-state index is 15.9. The number of H-pyrrole nitrogens is 1. The number of fused-ring (bicyclic) bond motifs is 4. The van der Waals surface area contributed by atoms with E-state index in [0.29, 0.717) is 11.5 Å². The molecule has 3 aromatic heterocycles. The Hall–Kier alpha value is -2.38. The van der Waals surface area contributed by atoms with Gasteiger partial charge in [0.1, 0.15) is 31.0 Å². The van der Waals surface area contributed by atoms with Crippen LogP contribution in [-0.4, -0.2) is 78.1 Å². The van der Waals surface area contributed by atoms with Gasteiger partial charge in [-0.05, 0) is 32.4 Å². The third-order valence-electron chi connectivity index (χ3n) is 6.20. The fraction of sp³-hybridized carbons (Fsp3) is 0.500. The number of nitrogens with zero attached hydrogens (tertiary/aromatic N) is 7. The van der Waals surface area contributed by atoms with Crippen LogP contribution in [0.4, 0.5) is 16.2 Å². The molecule has 2 unspecified atom stereocenters. The summed E-state index contributed by atoms with van der Waals surface area (Å²) in [4.78, 5) is 45.7. The van der Waals surface area contributed by atoms with Gasteiger partial charge in [0.15, 0.2) is 29.4 Å². The lowest BCUT2D eigenvalue weighted by molar-refractivity contribution is -0.0460. The van der Waals surface area contributed by atoms with Crippen molar-refractivity contribution in [3.05, 3.63) is 28.2 Å². The lowest BCUT2D eigenvalue weighted by atomic mass is 10.1. The first kappa shape index (κ1) is 31.1. The van der Waals surface area contributed by atoms with E-state index in [0.717, 1.165) is 6.33 Å². The second-order valence-corrected chi connectivity index (χ2v) is 14.9. The van der Waals surface area contributed by atoms with Crippen LogP contribution in [0.25, 0.3) is 11.2 Å². The molecule has 0 aliphatic carbocycles. The molecule has 0 spiro atoms. The number of nitrogens with two attached hydrogens (primary N) is 1. The smallest absolute Gasteiger partial charge is 0.369 e. The molecule has 0 aromatic carbocycles. The highest BCUT2D eigenvalue weighted by Crippen LogP contribution is 2.58. The van der Waals surface area contributed by atoms with E-state index >= 15 is 4.39 Å². The van der Waals surface area contributed by atoms with E-state index in [1.807, 2.05) is 0 Å². The molecule has 0 radical (unpaired) electrons. The fourth-order valence-electron chi connectivity index (χ4n) is 4.52. The molecule has 0 amide bonds. The van der Waals surface area contributed by atoms with Crippen LogP contribution in [-0.2, 0) is 52.4 Å². The summed E-state index contributed by atoms with van der Waals surface area (Å²) in [6.07, 6.45) is -4.88. The summed E-state index contributed by atoms with van der Waals surface area (Å²) in [5, 5.41) is 0. The fourth-order valence-corrected chi connectivity index (χ4v) is 7.42. The first-order valence-electron chi connectivity index (χ1n) is 12.2. The number of aliphatic imine (C=N–C) groups is 2. The molecule has 2 bridgehead atoms. The summed E-state index contributed by atoms with van der Waals surface area (Å²) in [5.74, 6) is 0.352. The third-order valence-corrected chi connectivity index (χ3v) is 9.48. The molecule has 1 saturated heterocycles. The number of halogens is 1. The number of anilines is 1. The van der Waals surface area contributed by atoms with E-state index in [1.54, 1.807) is 18.4 Å². The van der Waals surface area contributed by atoms with Gasteiger partial charge in [0.2, 0.25) is 5.95 Å². The summed E-state index contributed by atoms with van der Waals surface area (Å²) in [6.45, 7) is -2.53. The average Bonchev–Trinajstić information content (AvgIpc) is 3.53. The molecule has 2 aliphatic rings. The average molecular weight is 666 g/mol. The largest absolute Gasteiger partial charge is 0.387 e. The predicted octanol–water partition coefficient (Wildman–Crippen LogP) is 2.09. The van der Waals surface area contributed by atoms with Crippen LogP contribution in [0.15, 0.2) is 21.1 Å². The van der Waals surface area contributed by atoms with Gasteiger partial charge in [0, 0.05) is 0 Å². The van der Waals surface area contributed by atoms with Crippen molar-refractivity contribution in [1.82, 2.24) is 29.1 Å². The lowest BCUT2D eigenvalue weighted by Gasteiger charge is -2.24. The van der Waals surface area contributed by atoms with Crippen LogP contribution >= 0.6 is 25.8 Å². The molecule has 42 heavy (non-hydrogen) atoms. The zero-order chi connectivity index (χ0) is 30.4.